The molecule has 4 heteroatoms. The first kappa shape index (κ1) is 17.9. The van der Waals surface area contributed by atoms with Crippen LogP contribution in [0.15, 0.2) is 42.5 Å². The van der Waals surface area contributed by atoms with Crippen LogP contribution in [0.4, 0.5) is 5.69 Å². The summed E-state index contributed by atoms with van der Waals surface area (Å²) >= 11 is 0. The minimum Gasteiger partial charge on any atom is -0.494 e. The predicted molar refractivity (Wildman–Crippen MR) is 96.9 cm³/mol. The first-order valence-electron chi connectivity index (χ1n) is 8.31. The van der Waals surface area contributed by atoms with Gasteiger partial charge in [0.15, 0.2) is 6.10 Å². The maximum Gasteiger partial charge on any atom is 0.265 e. The maximum atomic E-state index is 12.4. The van der Waals surface area contributed by atoms with Crippen molar-refractivity contribution in [2.75, 3.05) is 11.9 Å². The Bertz CT molecular complexity index is 680. The molecule has 4 nitrogen and oxygen atoms in total. The summed E-state index contributed by atoms with van der Waals surface area (Å²) in [5.41, 5.74) is 3.08. The molecule has 0 aliphatic carbocycles. The molecule has 128 valence electrons. The summed E-state index contributed by atoms with van der Waals surface area (Å²) in [5.74, 6) is 1.35. The second kappa shape index (κ2) is 8.39. The SMILES string of the molecule is CCOc1ccc(NC(=O)[C@@H](CC)Oc2ccc(C)c(C)c2)cc1. The zero-order valence-corrected chi connectivity index (χ0v) is 14.8. The van der Waals surface area contributed by atoms with Gasteiger partial charge in [0.25, 0.3) is 5.91 Å². The smallest absolute Gasteiger partial charge is 0.265 e. The Hall–Kier alpha value is -2.49. The van der Waals surface area contributed by atoms with Crippen molar-refractivity contribution in [2.24, 2.45) is 0 Å². The third kappa shape index (κ3) is 4.75. The van der Waals surface area contributed by atoms with Crippen molar-refractivity contribution < 1.29 is 14.3 Å². The molecule has 2 rings (SSSR count). The summed E-state index contributed by atoms with van der Waals surface area (Å²) in [4.78, 5) is 12.4. The van der Waals surface area contributed by atoms with Gasteiger partial charge < -0.3 is 14.8 Å². The Morgan fingerprint density at radius 1 is 1.00 bits per heavy atom. The second-order valence-corrected chi connectivity index (χ2v) is 5.71. The third-order valence-corrected chi connectivity index (χ3v) is 3.85. The van der Waals surface area contributed by atoms with E-state index in [1.54, 1.807) is 0 Å². The maximum absolute atomic E-state index is 12.4. The van der Waals surface area contributed by atoms with Crippen molar-refractivity contribution in [1.82, 2.24) is 0 Å². The van der Waals surface area contributed by atoms with E-state index < -0.39 is 6.10 Å². The number of aryl methyl sites for hydroxylation is 2. The minimum atomic E-state index is -0.529. The highest BCUT2D eigenvalue weighted by molar-refractivity contribution is 5.94. The number of amides is 1. The number of hydrogen-bond donors (Lipinski definition) is 1. The molecule has 0 radical (unpaired) electrons. The highest BCUT2D eigenvalue weighted by atomic mass is 16.5. The van der Waals surface area contributed by atoms with Crippen molar-refractivity contribution in [3.05, 3.63) is 53.6 Å². The Morgan fingerprint density at radius 3 is 2.25 bits per heavy atom. The highest BCUT2D eigenvalue weighted by Crippen LogP contribution is 2.20. The third-order valence-electron chi connectivity index (χ3n) is 3.85. The van der Waals surface area contributed by atoms with Crippen LogP contribution in [0.25, 0.3) is 0 Å². The molecule has 0 heterocycles. The molecule has 0 fully saturated rings. The Balaban J connectivity index is 2.01. The molecule has 0 aliphatic rings. The van der Waals surface area contributed by atoms with E-state index in [0.29, 0.717) is 18.8 Å². The fourth-order valence-corrected chi connectivity index (χ4v) is 2.30. The largest absolute Gasteiger partial charge is 0.494 e. The van der Waals surface area contributed by atoms with Crippen LogP contribution in [0.5, 0.6) is 11.5 Å². The number of ether oxygens (including phenoxy) is 2. The molecule has 0 spiro atoms. The lowest BCUT2D eigenvalue weighted by molar-refractivity contribution is -0.122. The normalized spacial score (nSPS) is 11.7. The zero-order valence-electron chi connectivity index (χ0n) is 14.8. The molecule has 24 heavy (non-hydrogen) atoms. The van der Waals surface area contributed by atoms with Crippen molar-refractivity contribution >= 4 is 11.6 Å². The number of rotatable bonds is 7. The molecule has 1 amide bonds. The van der Waals surface area contributed by atoms with Gasteiger partial charge in [0.2, 0.25) is 0 Å². The monoisotopic (exact) mass is 327 g/mol. The van der Waals surface area contributed by atoms with Crippen LogP contribution in [0.3, 0.4) is 0 Å². The van der Waals surface area contributed by atoms with Crippen molar-refractivity contribution in [3.63, 3.8) is 0 Å². The molecular formula is C20H25NO3. The molecule has 0 unspecified atom stereocenters. The van der Waals surface area contributed by atoms with Gasteiger partial charge >= 0.3 is 0 Å². The summed E-state index contributed by atoms with van der Waals surface area (Å²) < 4.78 is 11.3. The molecule has 0 saturated carbocycles. The summed E-state index contributed by atoms with van der Waals surface area (Å²) in [6.45, 7) is 8.57. The van der Waals surface area contributed by atoms with E-state index in [4.69, 9.17) is 9.47 Å². The van der Waals surface area contributed by atoms with Gasteiger partial charge in [0.1, 0.15) is 11.5 Å². The van der Waals surface area contributed by atoms with Gasteiger partial charge in [0.05, 0.1) is 6.61 Å². The van der Waals surface area contributed by atoms with Crippen LogP contribution < -0.4 is 14.8 Å². The van der Waals surface area contributed by atoms with Crippen LogP contribution in [0.2, 0.25) is 0 Å². The van der Waals surface area contributed by atoms with Crippen LogP contribution in [0.1, 0.15) is 31.4 Å². The summed E-state index contributed by atoms with van der Waals surface area (Å²) in [6.07, 6.45) is 0.0640. The van der Waals surface area contributed by atoms with Gasteiger partial charge in [-0.25, -0.2) is 0 Å². The van der Waals surface area contributed by atoms with E-state index in [2.05, 4.69) is 12.2 Å². The van der Waals surface area contributed by atoms with Gasteiger partial charge in [-0.2, -0.15) is 0 Å². The molecule has 2 aromatic carbocycles. The van der Waals surface area contributed by atoms with E-state index in [1.807, 2.05) is 63.2 Å². The van der Waals surface area contributed by atoms with Gasteiger partial charge in [-0.1, -0.05) is 13.0 Å². The van der Waals surface area contributed by atoms with Gasteiger partial charge in [-0.15, -0.1) is 0 Å². The van der Waals surface area contributed by atoms with Crippen molar-refractivity contribution in [2.45, 2.75) is 40.2 Å². The van der Waals surface area contributed by atoms with Gasteiger partial charge in [-0.05, 0) is 74.7 Å². The lowest BCUT2D eigenvalue weighted by Crippen LogP contribution is -2.32. The number of carbonyl (C=O) groups is 1. The topological polar surface area (TPSA) is 47.6 Å². The summed E-state index contributed by atoms with van der Waals surface area (Å²) in [6, 6.07) is 13.2. The van der Waals surface area contributed by atoms with Crippen molar-refractivity contribution in [1.29, 1.82) is 0 Å². The second-order valence-electron chi connectivity index (χ2n) is 5.71. The van der Waals surface area contributed by atoms with Crippen LogP contribution >= 0.6 is 0 Å². The number of nitrogens with one attached hydrogen (secondary N) is 1. The minimum absolute atomic E-state index is 0.153. The van der Waals surface area contributed by atoms with E-state index in [1.165, 1.54) is 5.56 Å². The Kier molecular flexibility index (Phi) is 6.24. The van der Waals surface area contributed by atoms with E-state index in [0.717, 1.165) is 17.0 Å². The van der Waals surface area contributed by atoms with Crippen LogP contribution in [-0.4, -0.2) is 18.6 Å². The Labute approximate surface area is 143 Å². The van der Waals surface area contributed by atoms with Gasteiger partial charge in [-0.3, -0.25) is 4.79 Å². The quantitative estimate of drug-likeness (QED) is 0.814. The molecule has 2 aromatic rings. The molecule has 0 aliphatic heterocycles. The number of hydrogen-bond acceptors (Lipinski definition) is 3. The lowest BCUT2D eigenvalue weighted by atomic mass is 10.1. The Morgan fingerprint density at radius 2 is 1.67 bits per heavy atom. The zero-order chi connectivity index (χ0) is 17.5. The fourth-order valence-electron chi connectivity index (χ4n) is 2.30. The van der Waals surface area contributed by atoms with Crippen LogP contribution in [-0.2, 0) is 4.79 Å². The molecule has 0 saturated heterocycles. The van der Waals surface area contributed by atoms with E-state index >= 15 is 0 Å². The number of benzene rings is 2. The first-order chi connectivity index (χ1) is 11.5. The molecule has 1 N–H and O–H groups in total. The average Bonchev–Trinajstić information content (AvgIpc) is 2.57. The molecule has 1 atom stereocenters. The standard InChI is InChI=1S/C20H25NO3/c1-5-19(24-18-10-7-14(3)15(4)13-18)20(22)21-16-8-11-17(12-9-16)23-6-2/h7-13,19H,5-6H2,1-4H3,(H,21,22)/t19-/m1/s1. The fraction of sp³-hybridized carbons (Fsp3) is 0.350. The van der Waals surface area contributed by atoms with E-state index in [-0.39, 0.29) is 5.91 Å². The average molecular weight is 327 g/mol. The van der Waals surface area contributed by atoms with E-state index in [9.17, 15) is 4.79 Å². The van der Waals surface area contributed by atoms with Gasteiger partial charge in [0, 0.05) is 5.69 Å². The summed E-state index contributed by atoms with van der Waals surface area (Å²) in [5, 5.41) is 2.89. The predicted octanol–water partition coefficient (Wildman–Crippen LogP) is 4.50. The number of carbonyl (C=O) groups excluding carboxylic acids is 1. The highest BCUT2D eigenvalue weighted by Gasteiger charge is 2.18. The molecule has 0 aromatic heterocycles. The molecule has 0 bridgehead atoms. The summed E-state index contributed by atoms with van der Waals surface area (Å²) in [7, 11) is 0. The van der Waals surface area contributed by atoms with Crippen LogP contribution in [0, 0.1) is 13.8 Å². The number of anilines is 1. The van der Waals surface area contributed by atoms with Crippen molar-refractivity contribution in [3.8, 4) is 11.5 Å². The lowest BCUT2D eigenvalue weighted by Gasteiger charge is -2.18. The molecular weight excluding hydrogens is 302 g/mol. The first-order valence-corrected chi connectivity index (χ1v) is 8.31.